The third-order valence-electron chi connectivity index (χ3n) is 2.62. The van der Waals surface area contributed by atoms with Crippen molar-refractivity contribution < 1.29 is 17.4 Å². The third-order valence-corrected chi connectivity index (χ3v) is 3.83. The number of aromatic nitrogens is 2. The molecule has 9 nitrogen and oxygen atoms in total. The van der Waals surface area contributed by atoms with Crippen LogP contribution in [0.2, 0.25) is 0 Å². The number of hydrogen-bond donors (Lipinski definition) is 3. The lowest BCUT2D eigenvalue weighted by Crippen LogP contribution is -2.32. The summed E-state index contributed by atoms with van der Waals surface area (Å²) in [6.45, 7) is -0.00454. The van der Waals surface area contributed by atoms with Crippen LogP contribution in [0.15, 0.2) is 32.3 Å². The summed E-state index contributed by atoms with van der Waals surface area (Å²) in [6.07, 6.45) is 0.151. The van der Waals surface area contributed by atoms with Crippen LogP contribution < -0.4 is 15.6 Å². The minimum absolute atomic E-state index is 0.00429. The van der Waals surface area contributed by atoms with Crippen molar-refractivity contribution in [3.8, 4) is 0 Å². The number of hydrogen-bond acceptors (Lipinski definition) is 6. The zero-order valence-electron chi connectivity index (χ0n) is 11.5. The van der Waals surface area contributed by atoms with Gasteiger partial charge in [-0.1, -0.05) is 5.16 Å². The van der Waals surface area contributed by atoms with Gasteiger partial charge in [0.1, 0.15) is 11.5 Å². The molecule has 1 aromatic carbocycles. The molecule has 1 aromatic heterocycles. The lowest BCUT2D eigenvalue weighted by molar-refractivity contribution is 0.302. The average molecular weight is 407 g/mol. The quantitative estimate of drug-likeness (QED) is 0.464. The van der Waals surface area contributed by atoms with Crippen LogP contribution in [-0.4, -0.2) is 31.1 Å². The van der Waals surface area contributed by atoms with E-state index >= 15 is 0 Å². The van der Waals surface area contributed by atoms with E-state index in [1.807, 2.05) is 0 Å². The standard InChI is InChI=1S/C11H12BrFN6O3S/c12-7-5-6(1-2-8(7)13)17-11(14)10-9(18-22-19-10)3-4-16-23(15,20)21/h1-2,5,16H,3-4H2,(H2,14,17)(H2,15,20,21). The Balaban J connectivity index is 2.16. The Bertz CT molecular complexity index is 838. The molecule has 2 rings (SSSR count). The van der Waals surface area contributed by atoms with Gasteiger partial charge in [0, 0.05) is 13.0 Å². The second-order valence-electron chi connectivity index (χ2n) is 4.34. The predicted molar refractivity (Wildman–Crippen MR) is 83.6 cm³/mol. The number of aliphatic imine (C=N–C) groups is 1. The molecule has 0 fully saturated rings. The van der Waals surface area contributed by atoms with E-state index in [0.717, 1.165) is 0 Å². The maximum atomic E-state index is 13.2. The molecule has 0 amide bonds. The van der Waals surface area contributed by atoms with Gasteiger partial charge in [-0.3, -0.25) is 0 Å². The summed E-state index contributed by atoms with van der Waals surface area (Å²) in [5.74, 6) is -0.434. The van der Waals surface area contributed by atoms with Gasteiger partial charge in [-0.25, -0.2) is 23.9 Å². The molecule has 0 spiro atoms. The predicted octanol–water partition coefficient (Wildman–Crippen LogP) is 0.344. The first kappa shape index (κ1) is 17.5. The van der Waals surface area contributed by atoms with Gasteiger partial charge in [0.25, 0.3) is 10.2 Å². The molecule has 0 saturated heterocycles. The second-order valence-corrected chi connectivity index (χ2v) is 6.58. The molecule has 0 aliphatic heterocycles. The molecule has 23 heavy (non-hydrogen) atoms. The molecule has 12 heteroatoms. The lowest BCUT2D eigenvalue weighted by atomic mass is 10.2. The van der Waals surface area contributed by atoms with Crippen LogP contribution in [0, 0.1) is 5.82 Å². The van der Waals surface area contributed by atoms with E-state index in [1.54, 1.807) is 0 Å². The number of nitrogens with two attached hydrogens (primary N) is 2. The number of rotatable bonds is 6. The monoisotopic (exact) mass is 406 g/mol. The Labute approximate surface area is 139 Å². The Kier molecular flexibility index (Phi) is 5.41. The lowest BCUT2D eigenvalue weighted by Gasteiger charge is -2.02. The molecular formula is C11H12BrFN6O3S. The summed E-state index contributed by atoms with van der Waals surface area (Å²) < 4.78 is 41.7. The Hall–Kier alpha value is -1.89. The Morgan fingerprint density at radius 3 is 2.83 bits per heavy atom. The molecule has 0 radical (unpaired) electrons. The van der Waals surface area contributed by atoms with Crippen molar-refractivity contribution in [2.24, 2.45) is 15.9 Å². The topological polar surface area (TPSA) is 149 Å². The van der Waals surface area contributed by atoms with E-state index < -0.39 is 16.0 Å². The highest BCUT2D eigenvalue weighted by Gasteiger charge is 2.15. The highest BCUT2D eigenvalue weighted by atomic mass is 79.9. The zero-order valence-corrected chi connectivity index (χ0v) is 13.9. The Morgan fingerprint density at radius 1 is 1.43 bits per heavy atom. The molecule has 124 valence electrons. The number of amidine groups is 1. The van der Waals surface area contributed by atoms with Crippen LogP contribution >= 0.6 is 15.9 Å². The van der Waals surface area contributed by atoms with Crippen LogP contribution in [0.25, 0.3) is 0 Å². The smallest absolute Gasteiger partial charge is 0.274 e. The van der Waals surface area contributed by atoms with Crippen molar-refractivity contribution in [3.05, 3.63) is 39.9 Å². The molecule has 1 heterocycles. The normalized spacial score (nSPS) is 12.6. The fourth-order valence-electron chi connectivity index (χ4n) is 1.62. The molecular weight excluding hydrogens is 395 g/mol. The molecule has 0 aliphatic carbocycles. The van der Waals surface area contributed by atoms with Crippen molar-refractivity contribution in [1.82, 2.24) is 15.0 Å². The molecule has 2 aromatic rings. The molecule has 0 atom stereocenters. The van der Waals surface area contributed by atoms with Gasteiger partial charge in [0.05, 0.1) is 10.2 Å². The summed E-state index contributed by atoms with van der Waals surface area (Å²) in [5, 5.41) is 12.1. The first-order chi connectivity index (χ1) is 10.8. The van der Waals surface area contributed by atoms with E-state index in [9.17, 15) is 12.8 Å². The van der Waals surface area contributed by atoms with Gasteiger partial charge in [-0.05, 0) is 39.3 Å². The number of halogens is 2. The van der Waals surface area contributed by atoms with Gasteiger partial charge in [-0.2, -0.15) is 8.42 Å². The summed E-state index contributed by atoms with van der Waals surface area (Å²) in [5.41, 5.74) is 6.71. The maximum absolute atomic E-state index is 13.2. The van der Waals surface area contributed by atoms with Crippen molar-refractivity contribution in [2.75, 3.05) is 6.54 Å². The first-order valence-electron chi connectivity index (χ1n) is 6.14. The third kappa shape index (κ3) is 5.06. The van der Waals surface area contributed by atoms with Gasteiger partial charge in [-0.15, -0.1) is 0 Å². The second kappa shape index (κ2) is 7.12. The van der Waals surface area contributed by atoms with Crippen molar-refractivity contribution in [1.29, 1.82) is 0 Å². The van der Waals surface area contributed by atoms with E-state index in [-0.39, 0.29) is 29.0 Å². The minimum Gasteiger partial charge on any atom is -0.382 e. The van der Waals surface area contributed by atoms with Crippen molar-refractivity contribution in [3.63, 3.8) is 0 Å². The molecule has 0 aliphatic rings. The zero-order chi connectivity index (χ0) is 17.0. The highest BCUT2D eigenvalue weighted by Crippen LogP contribution is 2.22. The van der Waals surface area contributed by atoms with Crippen LogP contribution in [-0.2, 0) is 16.6 Å². The van der Waals surface area contributed by atoms with Crippen LogP contribution in [0.1, 0.15) is 11.4 Å². The summed E-state index contributed by atoms with van der Waals surface area (Å²) in [6, 6.07) is 4.11. The number of nitrogens with zero attached hydrogens (tertiary/aromatic N) is 3. The van der Waals surface area contributed by atoms with Crippen LogP contribution in [0.4, 0.5) is 10.1 Å². The van der Waals surface area contributed by atoms with Gasteiger partial charge < -0.3 is 5.73 Å². The Morgan fingerprint density at radius 2 is 2.17 bits per heavy atom. The van der Waals surface area contributed by atoms with Crippen molar-refractivity contribution in [2.45, 2.75) is 6.42 Å². The molecule has 5 N–H and O–H groups in total. The van der Waals surface area contributed by atoms with Crippen LogP contribution in [0.3, 0.4) is 0 Å². The van der Waals surface area contributed by atoms with E-state index in [1.165, 1.54) is 18.2 Å². The summed E-state index contributed by atoms with van der Waals surface area (Å²) in [4.78, 5) is 4.09. The fraction of sp³-hybridized carbons (Fsp3) is 0.182. The largest absolute Gasteiger partial charge is 0.382 e. The van der Waals surface area contributed by atoms with Gasteiger partial charge in [0.15, 0.2) is 11.5 Å². The first-order valence-corrected chi connectivity index (χ1v) is 8.48. The van der Waals surface area contributed by atoms with Crippen molar-refractivity contribution >= 4 is 37.7 Å². The molecule has 0 unspecified atom stereocenters. The van der Waals surface area contributed by atoms with Crippen LogP contribution in [0.5, 0.6) is 0 Å². The average Bonchev–Trinajstić information content (AvgIpc) is 2.90. The summed E-state index contributed by atoms with van der Waals surface area (Å²) in [7, 11) is -3.80. The number of benzene rings is 1. The minimum atomic E-state index is -3.80. The highest BCUT2D eigenvalue weighted by molar-refractivity contribution is 9.10. The molecule has 0 bridgehead atoms. The summed E-state index contributed by atoms with van der Waals surface area (Å²) >= 11 is 3.04. The van der Waals surface area contributed by atoms with E-state index in [0.29, 0.717) is 11.4 Å². The van der Waals surface area contributed by atoms with Gasteiger partial charge >= 0.3 is 0 Å². The number of nitrogens with one attached hydrogen (secondary N) is 1. The fourth-order valence-corrected chi connectivity index (χ4v) is 2.38. The van der Waals surface area contributed by atoms with Gasteiger partial charge in [0.2, 0.25) is 0 Å². The van der Waals surface area contributed by atoms with E-state index in [2.05, 4.69) is 40.6 Å². The van der Waals surface area contributed by atoms with E-state index in [4.69, 9.17) is 10.9 Å². The molecule has 0 saturated carbocycles. The SMILES string of the molecule is NC(=Nc1ccc(F)c(Br)c1)c1nonc1CCNS(N)(=O)=O. The maximum Gasteiger partial charge on any atom is 0.274 e.